The van der Waals surface area contributed by atoms with E-state index in [-0.39, 0.29) is 13.0 Å². The van der Waals surface area contributed by atoms with Crippen molar-refractivity contribution in [3.63, 3.8) is 0 Å². The van der Waals surface area contributed by atoms with Gasteiger partial charge in [-0.05, 0) is 11.6 Å². The number of hydrogen-bond acceptors (Lipinski definition) is 6. The van der Waals surface area contributed by atoms with E-state index in [0.717, 1.165) is 12.0 Å². The minimum absolute atomic E-state index is 0.189. The Balaban J connectivity index is 2.09. The lowest BCUT2D eigenvalue weighted by Gasteiger charge is -2.21. The number of nitrogens with zero attached hydrogens (tertiary/aromatic N) is 1. The fourth-order valence-electron chi connectivity index (χ4n) is 2.44. The summed E-state index contributed by atoms with van der Waals surface area (Å²) in [6.07, 6.45) is 2.44. The summed E-state index contributed by atoms with van der Waals surface area (Å²) in [7, 11) is -9.60. The molecule has 0 aromatic heterocycles. The third kappa shape index (κ3) is 4.87. The first kappa shape index (κ1) is 17.1. The summed E-state index contributed by atoms with van der Waals surface area (Å²) in [6, 6.07) is 7.73. The predicted molar refractivity (Wildman–Crippen MR) is 78.0 cm³/mol. The van der Waals surface area contributed by atoms with Crippen molar-refractivity contribution < 1.29 is 30.5 Å². The van der Waals surface area contributed by atoms with E-state index in [1.54, 1.807) is 0 Å². The second kappa shape index (κ2) is 6.45. The molecule has 0 spiro atoms. The van der Waals surface area contributed by atoms with E-state index in [1.807, 2.05) is 35.1 Å². The molecule has 0 bridgehead atoms. The van der Waals surface area contributed by atoms with E-state index in [0.29, 0.717) is 6.54 Å². The molecule has 2 rings (SSSR count). The van der Waals surface area contributed by atoms with E-state index < -0.39 is 31.2 Å². The molecule has 0 saturated carbocycles. The molecule has 0 saturated heterocycles. The molecule has 0 fully saturated rings. The maximum absolute atomic E-state index is 11.1. The fraction of sp³-hybridized carbons (Fsp3) is 0.462. The number of rotatable bonds is 6. The molecule has 1 heterocycles. The monoisotopic (exact) mass is 346 g/mol. The third-order valence-electron chi connectivity index (χ3n) is 3.58. The summed E-state index contributed by atoms with van der Waals surface area (Å²) in [5, 5.41) is -1.71. The van der Waals surface area contributed by atoms with Gasteiger partial charge in [-0.25, -0.2) is 21.4 Å². The Kier molecular flexibility index (Phi) is 5.00. The number of benzene rings is 1. The molecular weight excluding hydrogens is 330 g/mol. The third-order valence-corrected chi connectivity index (χ3v) is 5.82. The summed E-state index contributed by atoms with van der Waals surface area (Å²) in [5.74, 6) is -1.18. The molecule has 1 aromatic carbocycles. The van der Waals surface area contributed by atoms with Gasteiger partial charge in [0.1, 0.15) is 13.1 Å². The smallest absolute Gasteiger partial charge is 0.170 e. The van der Waals surface area contributed by atoms with Crippen LogP contribution in [0.15, 0.2) is 24.3 Å². The average Bonchev–Trinajstić information content (AvgIpc) is 2.41. The minimum Gasteiger partial charge on any atom is -0.748 e. The van der Waals surface area contributed by atoms with Crippen molar-refractivity contribution in [3.05, 3.63) is 35.4 Å². The van der Waals surface area contributed by atoms with Crippen molar-refractivity contribution in [2.45, 2.75) is 18.1 Å². The molecule has 1 atom stereocenters. The van der Waals surface area contributed by atoms with Crippen LogP contribution in [0.3, 0.4) is 0 Å². The van der Waals surface area contributed by atoms with E-state index in [2.05, 4.69) is 0 Å². The van der Waals surface area contributed by atoms with Gasteiger partial charge in [-0.3, -0.25) is 0 Å². The minimum atomic E-state index is -4.83. The fourth-order valence-corrected chi connectivity index (χ4v) is 4.62. The molecule has 22 heavy (non-hydrogen) atoms. The van der Waals surface area contributed by atoms with Crippen molar-refractivity contribution in [2.75, 3.05) is 18.8 Å². The van der Waals surface area contributed by atoms with E-state index in [1.165, 1.54) is 5.56 Å². The summed E-state index contributed by atoms with van der Waals surface area (Å²) in [5.41, 5.74) is 2.18. The number of fused-ring (bicyclic) bond motifs is 1. The highest BCUT2D eigenvalue weighted by molar-refractivity contribution is 7.90. The highest BCUT2D eigenvalue weighted by Gasteiger charge is 2.23. The van der Waals surface area contributed by atoms with Gasteiger partial charge in [-0.2, -0.15) is 0 Å². The Morgan fingerprint density at radius 1 is 1.14 bits per heavy atom. The van der Waals surface area contributed by atoms with E-state index in [4.69, 9.17) is 0 Å². The zero-order chi connectivity index (χ0) is 16.4. The van der Waals surface area contributed by atoms with Crippen LogP contribution in [0.25, 0.3) is 0 Å². The van der Waals surface area contributed by atoms with Crippen molar-refractivity contribution in [3.8, 4) is 0 Å². The van der Waals surface area contributed by atoms with Gasteiger partial charge in [-0.1, -0.05) is 18.2 Å². The molecule has 1 aliphatic rings. The Morgan fingerprint density at radius 3 is 2.45 bits per heavy atom. The summed E-state index contributed by atoms with van der Waals surface area (Å²) < 4.78 is 67.3. The molecule has 0 amide bonds. The van der Waals surface area contributed by atoms with Gasteiger partial charge in [-0.15, -0.1) is 0 Å². The van der Waals surface area contributed by atoms with Crippen LogP contribution in [0.4, 0.5) is 0 Å². The highest BCUT2D eigenvalue weighted by atomic mass is 32.2. The Bertz CT molecular complexity index is 783. The SMILES string of the molecule is O=S(=O)([O-])CC(CC[N+]1=Cc2ccccc2CC1)S(=O)(=O)[O-]. The predicted octanol–water partition coefficient (Wildman–Crippen LogP) is -0.477. The lowest BCUT2D eigenvalue weighted by molar-refractivity contribution is -0.524. The molecule has 0 aliphatic carbocycles. The maximum atomic E-state index is 11.1. The van der Waals surface area contributed by atoms with Crippen LogP contribution in [0.2, 0.25) is 0 Å². The van der Waals surface area contributed by atoms with Crippen molar-refractivity contribution in [1.29, 1.82) is 0 Å². The Morgan fingerprint density at radius 2 is 1.82 bits per heavy atom. The first-order valence-corrected chi connectivity index (χ1v) is 9.75. The summed E-state index contributed by atoms with van der Waals surface area (Å²) >= 11 is 0. The standard InChI is InChI=1S/C13H17NO6S2/c15-21(16,17)10-13(22(18,19)20)6-8-14-7-5-11-3-1-2-4-12(11)9-14/h1-4,9,13H,5-8,10H2,(H-,15,16,17,18,19,20)/p-1. The molecule has 0 radical (unpaired) electrons. The molecule has 122 valence electrons. The van der Waals surface area contributed by atoms with Gasteiger partial charge < -0.3 is 9.11 Å². The Hall–Kier alpha value is -1.29. The van der Waals surface area contributed by atoms with Gasteiger partial charge in [0.15, 0.2) is 6.21 Å². The normalized spacial score (nSPS) is 16.7. The molecule has 7 nitrogen and oxygen atoms in total. The summed E-state index contributed by atoms with van der Waals surface area (Å²) in [4.78, 5) is 0. The maximum Gasteiger partial charge on any atom is 0.170 e. The van der Waals surface area contributed by atoms with Crippen molar-refractivity contribution >= 4 is 26.5 Å². The number of hydrogen-bond donors (Lipinski definition) is 0. The zero-order valence-electron chi connectivity index (χ0n) is 11.7. The van der Waals surface area contributed by atoms with E-state index >= 15 is 0 Å². The van der Waals surface area contributed by atoms with Gasteiger partial charge in [0, 0.05) is 18.4 Å². The largest absolute Gasteiger partial charge is 0.748 e. The first-order valence-electron chi connectivity index (χ1n) is 6.70. The van der Waals surface area contributed by atoms with Gasteiger partial charge in [0.05, 0.1) is 31.2 Å². The van der Waals surface area contributed by atoms with Crippen LogP contribution >= 0.6 is 0 Å². The van der Waals surface area contributed by atoms with Crippen LogP contribution in [-0.4, -0.2) is 60.8 Å². The molecule has 1 aromatic rings. The molecule has 1 aliphatic heterocycles. The van der Waals surface area contributed by atoms with Gasteiger partial charge >= 0.3 is 0 Å². The van der Waals surface area contributed by atoms with Crippen LogP contribution in [0, 0.1) is 0 Å². The quantitative estimate of drug-likeness (QED) is 0.507. The Labute approximate surface area is 129 Å². The van der Waals surface area contributed by atoms with Crippen molar-refractivity contribution in [2.24, 2.45) is 0 Å². The molecule has 0 N–H and O–H groups in total. The second-order valence-corrected chi connectivity index (χ2v) is 8.34. The highest BCUT2D eigenvalue weighted by Crippen LogP contribution is 2.13. The van der Waals surface area contributed by atoms with Crippen LogP contribution in [0.1, 0.15) is 17.5 Å². The second-order valence-electron chi connectivity index (χ2n) is 5.24. The van der Waals surface area contributed by atoms with Gasteiger partial charge in [0.2, 0.25) is 0 Å². The molecule has 1 unspecified atom stereocenters. The van der Waals surface area contributed by atoms with E-state index in [9.17, 15) is 25.9 Å². The average molecular weight is 346 g/mol. The lowest BCUT2D eigenvalue weighted by atomic mass is 10.0. The van der Waals surface area contributed by atoms with Crippen LogP contribution in [0.5, 0.6) is 0 Å². The zero-order valence-corrected chi connectivity index (χ0v) is 13.3. The van der Waals surface area contributed by atoms with Crippen LogP contribution < -0.4 is 0 Å². The van der Waals surface area contributed by atoms with Crippen LogP contribution in [-0.2, 0) is 26.7 Å². The topological polar surface area (TPSA) is 117 Å². The van der Waals surface area contributed by atoms with Crippen molar-refractivity contribution in [1.82, 2.24) is 0 Å². The van der Waals surface area contributed by atoms with Gasteiger partial charge in [0.25, 0.3) is 0 Å². The molecular formula is C13H16NO6S2-. The first-order chi connectivity index (χ1) is 10.1. The molecule has 9 heteroatoms. The summed E-state index contributed by atoms with van der Waals surface area (Å²) in [6.45, 7) is 0.850. The lowest BCUT2D eigenvalue weighted by Crippen LogP contribution is -2.33.